The fourth-order valence-corrected chi connectivity index (χ4v) is 3.81. The normalized spacial score (nSPS) is 11.2. The van der Waals surface area contributed by atoms with Crippen molar-refractivity contribution < 1.29 is 18.3 Å². The van der Waals surface area contributed by atoms with E-state index in [9.17, 15) is 13.2 Å². The van der Waals surface area contributed by atoms with Gasteiger partial charge in [0.05, 0.1) is 10.6 Å². The Hall–Kier alpha value is -3.12. The largest absolute Gasteiger partial charge is 0.478 e. The summed E-state index contributed by atoms with van der Waals surface area (Å²) in [7, 11) is -3.81. The lowest BCUT2D eigenvalue weighted by Crippen LogP contribution is -2.13. The Morgan fingerprint density at radius 2 is 1.69 bits per heavy atom. The van der Waals surface area contributed by atoms with Crippen molar-refractivity contribution in [1.82, 2.24) is 0 Å². The van der Waals surface area contributed by atoms with Gasteiger partial charge >= 0.3 is 5.97 Å². The summed E-state index contributed by atoms with van der Waals surface area (Å²) in [5.41, 5.74) is 1.06. The number of benzene rings is 3. The minimum atomic E-state index is -3.81. The zero-order valence-electron chi connectivity index (χ0n) is 13.8. The van der Waals surface area contributed by atoms with Crippen LogP contribution in [0, 0.1) is 0 Å². The Morgan fingerprint density at radius 3 is 2.46 bits per heavy atom. The van der Waals surface area contributed by atoms with Crippen molar-refractivity contribution in [3.05, 3.63) is 84.4 Å². The highest BCUT2D eigenvalue weighted by Gasteiger charge is 2.16. The van der Waals surface area contributed by atoms with E-state index in [1.54, 1.807) is 24.3 Å². The Kier molecular flexibility index (Phi) is 4.77. The van der Waals surface area contributed by atoms with Crippen LogP contribution in [-0.2, 0) is 21.2 Å². The molecule has 0 aliphatic heterocycles. The van der Waals surface area contributed by atoms with Crippen LogP contribution in [0.1, 0.15) is 5.56 Å². The number of rotatable bonds is 6. The topological polar surface area (TPSA) is 83.5 Å². The third-order valence-electron chi connectivity index (χ3n) is 3.96. The van der Waals surface area contributed by atoms with Crippen LogP contribution in [0.25, 0.3) is 10.8 Å². The van der Waals surface area contributed by atoms with E-state index in [-0.39, 0.29) is 16.9 Å². The SMILES string of the molecule is C=C(Cc1cccc(S(=O)(=O)Nc2cccc3ccccc23)c1)C(=O)O. The monoisotopic (exact) mass is 367 g/mol. The van der Waals surface area contributed by atoms with Gasteiger partial charge < -0.3 is 5.11 Å². The molecule has 0 aliphatic rings. The number of sulfonamides is 1. The molecule has 0 heterocycles. The van der Waals surface area contributed by atoms with Gasteiger partial charge in [0.2, 0.25) is 0 Å². The minimum absolute atomic E-state index is 0.00144. The lowest BCUT2D eigenvalue weighted by molar-refractivity contribution is -0.132. The summed E-state index contributed by atoms with van der Waals surface area (Å²) in [6.45, 7) is 3.48. The zero-order valence-corrected chi connectivity index (χ0v) is 14.7. The van der Waals surface area contributed by atoms with Crippen LogP contribution in [-0.4, -0.2) is 19.5 Å². The summed E-state index contributed by atoms with van der Waals surface area (Å²) < 4.78 is 28.1. The molecule has 0 unspecified atom stereocenters. The highest BCUT2D eigenvalue weighted by molar-refractivity contribution is 7.92. The van der Waals surface area contributed by atoms with Gasteiger partial charge in [0.1, 0.15) is 0 Å². The fourth-order valence-electron chi connectivity index (χ4n) is 2.66. The van der Waals surface area contributed by atoms with Gasteiger partial charge in [-0.3, -0.25) is 4.72 Å². The average Bonchev–Trinajstić information content (AvgIpc) is 2.62. The first kappa shape index (κ1) is 17.7. The minimum Gasteiger partial charge on any atom is -0.478 e. The van der Waals surface area contributed by atoms with Gasteiger partial charge in [-0.25, -0.2) is 13.2 Å². The predicted molar refractivity (Wildman–Crippen MR) is 102 cm³/mol. The van der Waals surface area contributed by atoms with Crippen LogP contribution >= 0.6 is 0 Å². The molecule has 26 heavy (non-hydrogen) atoms. The van der Waals surface area contributed by atoms with Crippen LogP contribution in [0.15, 0.2) is 83.8 Å². The first-order chi connectivity index (χ1) is 12.4. The molecule has 0 amide bonds. The molecule has 3 rings (SSSR count). The van der Waals surface area contributed by atoms with E-state index in [0.717, 1.165) is 10.8 Å². The summed E-state index contributed by atoms with van der Waals surface area (Å²) in [4.78, 5) is 11.0. The molecule has 0 atom stereocenters. The fraction of sp³-hybridized carbons (Fsp3) is 0.0500. The maximum atomic E-state index is 12.8. The second kappa shape index (κ2) is 7.01. The molecule has 3 aromatic rings. The standard InChI is InChI=1S/C20H17NO4S/c1-14(20(22)23)12-15-6-4-9-17(13-15)26(24,25)21-19-11-5-8-16-7-2-3-10-18(16)19/h2-11,13,21H,1,12H2,(H,22,23). The number of carboxylic acid groups (broad SMARTS) is 1. The molecule has 0 spiro atoms. The smallest absolute Gasteiger partial charge is 0.331 e. The third kappa shape index (κ3) is 3.75. The van der Waals surface area contributed by atoms with Gasteiger partial charge in [-0.2, -0.15) is 0 Å². The van der Waals surface area contributed by atoms with E-state index in [0.29, 0.717) is 11.3 Å². The van der Waals surface area contributed by atoms with Gasteiger partial charge in [-0.15, -0.1) is 0 Å². The van der Waals surface area contributed by atoms with Gasteiger partial charge in [0, 0.05) is 17.4 Å². The molecular formula is C20H17NO4S. The average molecular weight is 367 g/mol. The van der Waals surface area contributed by atoms with Crippen LogP contribution in [0.5, 0.6) is 0 Å². The molecule has 0 saturated heterocycles. The van der Waals surface area contributed by atoms with Crippen molar-refractivity contribution in [3.63, 3.8) is 0 Å². The van der Waals surface area contributed by atoms with Crippen molar-refractivity contribution in [2.45, 2.75) is 11.3 Å². The lowest BCUT2D eigenvalue weighted by Gasteiger charge is -2.12. The Balaban J connectivity index is 1.93. The molecule has 0 aromatic heterocycles. The van der Waals surface area contributed by atoms with E-state index in [4.69, 9.17) is 5.11 Å². The summed E-state index contributed by atoms with van der Waals surface area (Å²) in [6.07, 6.45) is 0.0764. The van der Waals surface area contributed by atoms with E-state index >= 15 is 0 Å². The lowest BCUT2D eigenvalue weighted by atomic mass is 10.1. The Labute approximate surface area is 151 Å². The second-order valence-corrected chi connectivity index (χ2v) is 7.55. The van der Waals surface area contributed by atoms with Gasteiger partial charge in [-0.1, -0.05) is 55.1 Å². The first-order valence-corrected chi connectivity index (χ1v) is 9.36. The van der Waals surface area contributed by atoms with Crippen LogP contribution in [0.2, 0.25) is 0 Å². The summed E-state index contributed by atoms with van der Waals surface area (Å²) in [6, 6.07) is 19.1. The maximum Gasteiger partial charge on any atom is 0.331 e. The first-order valence-electron chi connectivity index (χ1n) is 7.87. The van der Waals surface area contributed by atoms with E-state index in [1.807, 2.05) is 30.3 Å². The molecule has 3 aromatic carbocycles. The third-order valence-corrected chi connectivity index (χ3v) is 5.33. The van der Waals surface area contributed by atoms with Crippen molar-refractivity contribution in [2.24, 2.45) is 0 Å². The molecule has 5 nitrogen and oxygen atoms in total. The number of hydrogen-bond acceptors (Lipinski definition) is 3. The molecule has 0 bridgehead atoms. The number of anilines is 1. The van der Waals surface area contributed by atoms with Crippen molar-refractivity contribution in [1.29, 1.82) is 0 Å². The summed E-state index contributed by atoms with van der Waals surface area (Å²) in [5, 5.41) is 10.7. The number of nitrogens with one attached hydrogen (secondary N) is 1. The van der Waals surface area contributed by atoms with E-state index in [2.05, 4.69) is 11.3 Å². The van der Waals surface area contributed by atoms with Gasteiger partial charge in [0.25, 0.3) is 10.0 Å². The molecule has 0 fully saturated rings. The van der Waals surface area contributed by atoms with Crippen molar-refractivity contribution in [3.8, 4) is 0 Å². The number of hydrogen-bond donors (Lipinski definition) is 2. The highest BCUT2D eigenvalue weighted by atomic mass is 32.2. The zero-order chi connectivity index (χ0) is 18.7. The van der Waals surface area contributed by atoms with Crippen molar-refractivity contribution in [2.75, 3.05) is 4.72 Å². The van der Waals surface area contributed by atoms with Crippen LogP contribution in [0.3, 0.4) is 0 Å². The molecule has 0 radical (unpaired) electrons. The Bertz CT molecular complexity index is 1100. The number of fused-ring (bicyclic) bond motifs is 1. The maximum absolute atomic E-state index is 12.8. The molecule has 132 valence electrons. The van der Waals surface area contributed by atoms with E-state index < -0.39 is 16.0 Å². The second-order valence-electron chi connectivity index (χ2n) is 5.87. The van der Waals surface area contributed by atoms with Gasteiger partial charge in [0.15, 0.2) is 0 Å². The molecular weight excluding hydrogens is 350 g/mol. The quantitative estimate of drug-likeness (QED) is 0.649. The molecule has 2 N–H and O–H groups in total. The molecule has 6 heteroatoms. The number of carbonyl (C=O) groups is 1. The summed E-state index contributed by atoms with van der Waals surface area (Å²) in [5.74, 6) is -1.10. The highest BCUT2D eigenvalue weighted by Crippen LogP contribution is 2.26. The molecule has 0 saturated carbocycles. The van der Waals surface area contributed by atoms with E-state index in [1.165, 1.54) is 12.1 Å². The van der Waals surface area contributed by atoms with Gasteiger partial charge in [-0.05, 0) is 29.1 Å². The number of aliphatic carboxylic acids is 1. The number of carboxylic acids is 1. The predicted octanol–water partition coefficient (Wildman–Crippen LogP) is 3.82. The summed E-state index contributed by atoms with van der Waals surface area (Å²) >= 11 is 0. The Morgan fingerprint density at radius 1 is 1.00 bits per heavy atom. The van der Waals surface area contributed by atoms with Crippen LogP contribution in [0.4, 0.5) is 5.69 Å². The van der Waals surface area contributed by atoms with Crippen LogP contribution < -0.4 is 4.72 Å². The van der Waals surface area contributed by atoms with Crippen molar-refractivity contribution >= 4 is 32.5 Å². The molecule has 0 aliphatic carbocycles.